The highest BCUT2D eigenvalue weighted by atomic mass is 35.5. The average molecular weight is 499 g/mol. The van der Waals surface area contributed by atoms with Gasteiger partial charge < -0.3 is 19.3 Å². The first-order chi connectivity index (χ1) is 16.9. The molecular formula is C26H27ClN2O6. The number of hydrogen-bond acceptors (Lipinski definition) is 6. The molecule has 3 rings (SSSR count). The second-order valence-electron chi connectivity index (χ2n) is 7.67. The maximum atomic E-state index is 12.7. The van der Waals surface area contributed by atoms with Gasteiger partial charge in [0.25, 0.3) is 0 Å². The lowest BCUT2D eigenvalue weighted by Gasteiger charge is -2.21. The molecule has 184 valence electrons. The van der Waals surface area contributed by atoms with Gasteiger partial charge in [-0.2, -0.15) is 0 Å². The number of carboxylic acid groups (broad SMARTS) is 1. The van der Waals surface area contributed by atoms with Crippen LogP contribution in [0.5, 0.6) is 17.2 Å². The summed E-state index contributed by atoms with van der Waals surface area (Å²) >= 11 is 5.93. The summed E-state index contributed by atoms with van der Waals surface area (Å²) in [5, 5.41) is 9.69. The summed E-state index contributed by atoms with van der Waals surface area (Å²) in [5.41, 5.74) is 2.73. The number of aromatic nitrogens is 1. The molecule has 8 nitrogen and oxygen atoms in total. The number of methoxy groups -OCH3 is 1. The molecule has 1 heterocycles. The second-order valence-corrected chi connectivity index (χ2v) is 8.11. The molecule has 0 fully saturated rings. The van der Waals surface area contributed by atoms with Gasteiger partial charge in [0.2, 0.25) is 0 Å². The number of hydrogen-bond donors (Lipinski definition) is 1. The summed E-state index contributed by atoms with van der Waals surface area (Å²) < 4.78 is 16.6. The predicted octanol–water partition coefficient (Wildman–Crippen LogP) is 5.01. The van der Waals surface area contributed by atoms with Gasteiger partial charge in [0.1, 0.15) is 12.3 Å². The predicted molar refractivity (Wildman–Crippen MR) is 131 cm³/mol. The number of nitrogens with zero attached hydrogens (tertiary/aromatic N) is 2. The summed E-state index contributed by atoms with van der Waals surface area (Å²) in [6.45, 7) is 1.90. The van der Waals surface area contributed by atoms with Crippen LogP contribution in [-0.2, 0) is 24.2 Å². The van der Waals surface area contributed by atoms with E-state index in [9.17, 15) is 14.7 Å². The molecule has 1 N–H and O–H groups in total. The highest BCUT2D eigenvalue weighted by Gasteiger charge is 2.20. The maximum absolute atomic E-state index is 12.7. The van der Waals surface area contributed by atoms with E-state index >= 15 is 0 Å². The number of aryl methyl sites for hydroxylation is 1. The third-order valence-electron chi connectivity index (χ3n) is 5.10. The van der Waals surface area contributed by atoms with Gasteiger partial charge in [0, 0.05) is 29.9 Å². The highest BCUT2D eigenvalue weighted by molar-refractivity contribution is 6.30. The SMILES string of the molecule is CCc1ccc(CCOc2cc(CN(CC(=O)O)C(=O)Oc3cccc(Cl)c3)ccc2OC)nc1. The van der Waals surface area contributed by atoms with E-state index in [4.69, 9.17) is 25.8 Å². The lowest BCUT2D eigenvalue weighted by Crippen LogP contribution is -2.37. The minimum atomic E-state index is -1.17. The van der Waals surface area contributed by atoms with E-state index in [1.54, 1.807) is 36.4 Å². The molecule has 0 aliphatic heterocycles. The first-order valence-electron chi connectivity index (χ1n) is 11.1. The Morgan fingerprint density at radius 2 is 1.86 bits per heavy atom. The number of aliphatic carboxylic acids is 1. The van der Waals surface area contributed by atoms with Crippen molar-refractivity contribution < 1.29 is 28.9 Å². The van der Waals surface area contributed by atoms with Crippen LogP contribution in [0.15, 0.2) is 60.8 Å². The molecule has 0 bridgehead atoms. The number of carbonyl (C=O) groups is 2. The molecule has 0 saturated carbocycles. The van der Waals surface area contributed by atoms with Crippen LogP contribution in [0.25, 0.3) is 0 Å². The van der Waals surface area contributed by atoms with Crippen LogP contribution < -0.4 is 14.2 Å². The standard InChI is InChI=1S/C26H27ClN2O6/c1-3-18-7-9-21(28-15-18)11-12-34-24-13-19(8-10-23(24)33-2)16-29(17-25(30)31)26(32)35-22-6-4-5-20(27)14-22/h4-10,13-15H,3,11-12,16-17H2,1-2H3,(H,30,31). The molecule has 0 spiro atoms. The van der Waals surface area contributed by atoms with Crippen LogP contribution in [0.1, 0.15) is 23.7 Å². The Labute approximate surface area is 209 Å². The van der Waals surface area contributed by atoms with Crippen molar-refractivity contribution in [2.75, 3.05) is 20.3 Å². The van der Waals surface area contributed by atoms with Gasteiger partial charge in [-0.15, -0.1) is 0 Å². The molecule has 1 amide bonds. The molecule has 0 aliphatic carbocycles. The molecule has 9 heteroatoms. The van der Waals surface area contributed by atoms with E-state index in [1.807, 2.05) is 18.3 Å². The van der Waals surface area contributed by atoms with E-state index in [2.05, 4.69) is 11.9 Å². The van der Waals surface area contributed by atoms with Crippen LogP contribution in [0, 0.1) is 0 Å². The monoisotopic (exact) mass is 498 g/mol. The smallest absolute Gasteiger partial charge is 0.416 e. The van der Waals surface area contributed by atoms with Crippen LogP contribution in [0.2, 0.25) is 5.02 Å². The number of halogens is 1. The number of rotatable bonds is 11. The molecule has 0 radical (unpaired) electrons. The van der Waals surface area contributed by atoms with Gasteiger partial charge in [-0.3, -0.25) is 14.7 Å². The Kier molecular flexibility index (Phi) is 9.31. The van der Waals surface area contributed by atoms with Gasteiger partial charge >= 0.3 is 12.1 Å². The van der Waals surface area contributed by atoms with Gasteiger partial charge in [-0.1, -0.05) is 36.7 Å². The fraction of sp³-hybridized carbons (Fsp3) is 0.269. The first kappa shape index (κ1) is 25.8. The Balaban J connectivity index is 1.69. The fourth-order valence-corrected chi connectivity index (χ4v) is 3.45. The first-order valence-corrected chi connectivity index (χ1v) is 11.4. The van der Waals surface area contributed by atoms with Crippen molar-refractivity contribution in [2.24, 2.45) is 0 Å². The van der Waals surface area contributed by atoms with Crippen molar-refractivity contribution in [2.45, 2.75) is 26.3 Å². The zero-order valence-corrected chi connectivity index (χ0v) is 20.3. The molecule has 35 heavy (non-hydrogen) atoms. The number of ether oxygens (including phenoxy) is 3. The van der Waals surface area contributed by atoms with Crippen LogP contribution in [-0.4, -0.2) is 47.3 Å². The fourth-order valence-electron chi connectivity index (χ4n) is 3.27. The summed E-state index contributed by atoms with van der Waals surface area (Å²) in [6, 6.07) is 15.5. The minimum absolute atomic E-state index is 0.00785. The van der Waals surface area contributed by atoms with Crippen molar-refractivity contribution in [3.8, 4) is 17.2 Å². The normalized spacial score (nSPS) is 10.5. The Bertz CT molecular complexity index is 1150. The lowest BCUT2D eigenvalue weighted by atomic mass is 10.2. The third kappa shape index (κ3) is 7.89. The number of carbonyl (C=O) groups excluding carboxylic acids is 1. The summed E-state index contributed by atoms with van der Waals surface area (Å²) in [5.74, 6) is 0.0554. The van der Waals surface area contributed by atoms with E-state index in [1.165, 1.54) is 18.7 Å². The quantitative estimate of drug-likeness (QED) is 0.396. The van der Waals surface area contributed by atoms with Crippen molar-refractivity contribution in [1.82, 2.24) is 9.88 Å². The number of amides is 1. The van der Waals surface area contributed by atoms with Crippen molar-refractivity contribution >= 4 is 23.7 Å². The van der Waals surface area contributed by atoms with Gasteiger partial charge in [0.15, 0.2) is 11.5 Å². The third-order valence-corrected chi connectivity index (χ3v) is 5.33. The molecule has 0 saturated heterocycles. The molecule has 2 aromatic carbocycles. The van der Waals surface area contributed by atoms with Crippen molar-refractivity contribution in [3.05, 3.63) is 82.6 Å². The van der Waals surface area contributed by atoms with E-state index in [0.717, 1.165) is 17.0 Å². The number of carboxylic acids is 1. The van der Waals surface area contributed by atoms with Crippen molar-refractivity contribution in [1.29, 1.82) is 0 Å². The molecule has 0 atom stereocenters. The lowest BCUT2D eigenvalue weighted by molar-refractivity contribution is -0.138. The molecule has 1 aromatic heterocycles. The van der Waals surface area contributed by atoms with Crippen LogP contribution in [0.3, 0.4) is 0 Å². The minimum Gasteiger partial charge on any atom is -0.493 e. The Morgan fingerprint density at radius 3 is 2.51 bits per heavy atom. The molecule has 0 aliphatic rings. The largest absolute Gasteiger partial charge is 0.493 e. The van der Waals surface area contributed by atoms with Crippen LogP contribution in [0.4, 0.5) is 4.79 Å². The molecule has 3 aromatic rings. The van der Waals surface area contributed by atoms with Gasteiger partial charge in [-0.25, -0.2) is 4.79 Å². The number of benzene rings is 2. The van der Waals surface area contributed by atoms with E-state index in [0.29, 0.717) is 35.1 Å². The Morgan fingerprint density at radius 1 is 1.06 bits per heavy atom. The number of pyridine rings is 1. The average Bonchev–Trinajstić information content (AvgIpc) is 2.84. The molecular weight excluding hydrogens is 472 g/mol. The van der Waals surface area contributed by atoms with E-state index in [-0.39, 0.29) is 12.3 Å². The van der Waals surface area contributed by atoms with Gasteiger partial charge in [-0.05, 0) is 53.9 Å². The van der Waals surface area contributed by atoms with Gasteiger partial charge in [0.05, 0.1) is 13.7 Å². The van der Waals surface area contributed by atoms with Crippen molar-refractivity contribution in [3.63, 3.8) is 0 Å². The van der Waals surface area contributed by atoms with Crippen LogP contribution >= 0.6 is 11.6 Å². The zero-order chi connectivity index (χ0) is 25.2. The summed E-state index contributed by atoms with van der Waals surface area (Å²) in [7, 11) is 1.53. The zero-order valence-electron chi connectivity index (χ0n) is 19.6. The Hall–Kier alpha value is -3.78. The summed E-state index contributed by atoms with van der Waals surface area (Å²) in [4.78, 5) is 29.6. The van der Waals surface area contributed by atoms with E-state index < -0.39 is 18.6 Å². The maximum Gasteiger partial charge on any atom is 0.416 e. The summed E-state index contributed by atoms with van der Waals surface area (Å²) in [6.07, 6.45) is 2.58. The highest BCUT2D eigenvalue weighted by Crippen LogP contribution is 2.29. The second kappa shape index (κ2) is 12.6. The molecule has 0 unspecified atom stereocenters. The topological polar surface area (TPSA) is 98.2 Å².